The zero-order valence-electron chi connectivity index (χ0n) is 15.1. The van der Waals surface area contributed by atoms with E-state index in [-0.39, 0.29) is 6.10 Å². The van der Waals surface area contributed by atoms with E-state index >= 15 is 0 Å². The summed E-state index contributed by atoms with van der Waals surface area (Å²) in [4.78, 5) is 4.66. The molecule has 0 spiro atoms. The minimum absolute atomic E-state index is 0.135. The van der Waals surface area contributed by atoms with E-state index < -0.39 is 5.60 Å². The molecule has 6 heteroatoms. The molecule has 0 unspecified atom stereocenters. The molecule has 0 radical (unpaired) electrons. The van der Waals surface area contributed by atoms with Crippen molar-refractivity contribution in [1.82, 2.24) is 14.8 Å². The van der Waals surface area contributed by atoms with Crippen molar-refractivity contribution in [2.75, 3.05) is 14.2 Å². The Balaban J connectivity index is 2.27. The van der Waals surface area contributed by atoms with E-state index in [4.69, 9.17) is 9.47 Å². The number of nitrogens with zero attached hydrogens (tertiary/aromatic N) is 3. The molecule has 0 aliphatic rings. The van der Waals surface area contributed by atoms with Crippen LogP contribution in [0.25, 0.3) is 0 Å². The SMILES string of the molecule is CC[C@H](OC)c1nc(Cc2ccc(OC)cc2)nn1CC(C)(C)O. The first-order valence-corrected chi connectivity index (χ1v) is 8.18. The molecular formula is C18H27N3O3. The van der Waals surface area contributed by atoms with Gasteiger partial charge in [0.05, 0.1) is 19.3 Å². The largest absolute Gasteiger partial charge is 0.497 e. The van der Waals surface area contributed by atoms with Crippen LogP contribution in [0.5, 0.6) is 5.75 Å². The minimum Gasteiger partial charge on any atom is -0.497 e. The van der Waals surface area contributed by atoms with Gasteiger partial charge in [0, 0.05) is 13.5 Å². The topological polar surface area (TPSA) is 69.4 Å². The fourth-order valence-corrected chi connectivity index (χ4v) is 2.58. The second-order valence-corrected chi connectivity index (χ2v) is 6.51. The molecule has 0 aliphatic carbocycles. The zero-order chi connectivity index (χ0) is 17.7. The van der Waals surface area contributed by atoms with Crippen LogP contribution in [0.15, 0.2) is 24.3 Å². The monoisotopic (exact) mass is 333 g/mol. The van der Waals surface area contributed by atoms with Crippen molar-refractivity contribution < 1.29 is 14.6 Å². The molecule has 0 saturated heterocycles. The molecular weight excluding hydrogens is 306 g/mol. The number of hydrogen-bond donors (Lipinski definition) is 1. The first-order chi connectivity index (χ1) is 11.4. The molecule has 2 aromatic rings. The van der Waals surface area contributed by atoms with E-state index in [0.29, 0.717) is 13.0 Å². The molecule has 132 valence electrons. The highest BCUT2D eigenvalue weighted by Gasteiger charge is 2.23. The molecule has 0 amide bonds. The fraction of sp³-hybridized carbons (Fsp3) is 0.556. The maximum atomic E-state index is 10.1. The van der Waals surface area contributed by atoms with Gasteiger partial charge in [-0.2, -0.15) is 5.10 Å². The molecule has 1 heterocycles. The predicted octanol–water partition coefficient (Wildman–Crippen LogP) is 2.75. The van der Waals surface area contributed by atoms with Crippen LogP contribution >= 0.6 is 0 Å². The Kier molecular flexibility index (Phi) is 5.96. The van der Waals surface area contributed by atoms with Crippen LogP contribution in [-0.4, -0.2) is 39.7 Å². The Morgan fingerprint density at radius 2 is 1.88 bits per heavy atom. The first-order valence-electron chi connectivity index (χ1n) is 8.18. The van der Waals surface area contributed by atoms with Crippen LogP contribution in [0, 0.1) is 0 Å². The Morgan fingerprint density at radius 3 is 2.38 bits per heavy atom. The summed E-state index contributed by atoms with van der Waals surface area (Å²) in [7, 11) is 3.32. The van der Waals surface area contributed by atoms with Gasteiger partial charge in [0.1, 0.15) is 11.9 Å². The van der Waals surface area contributed by atoms with Crippen molar-refractivity contribution in [3.8, 4) is 5.75 Å². The smallest absolute Gasteiger partial charge is 0.156 e. The van der Waals surface area contributed by atoms with Gasteiger partial charge in [-0.1, -0.05) is 19.1 Å². The molecule has 1 aromatic carbocycles. The Morgan fingerprint density at radius 1 is 1.21 bits per heavy atom. The minimum atomic E-state index is -0.869. The maximum absolute atomic E-state index is 10.1. The molecule has 6 nitrogen and oxygen atoms in total. The quantitative estimate of drug-likeness (QED) is 0.804. The van der Waals surface area contributed by atoms with E-state index in [9.17, 15) is 5.11 Å². The van der Waals surface area contributed by atoms with Crippen molar-refractivity contribution in [3.63, 3.8) is 0 Å². The van der Waals surface area contributed by atoms with Gasteiger partial charge in [-0.25, -0.2) is 9.67 Å². The molecule has 1 aromatic heterocycles. The van der Waals surface area contributed by atoms with Crippen molar-refractivity contribution in [3.05, 3.63) is 41.5 Å². The summed E-state index contributed by atoms with van der Waals surface area (Å²) in [6, 6.07) is 7.85. The number of benzene rings is 1. The van der Waals surface area contributed by atoms with Crippen molar-refractivity contribution in [2.45, 2.75) is 51.9 Å². The number of ether oxygens (including phenoxy) is 2. The Bertz CT molecular complexity index is 641. The Labute approximate surface area is 143 Å². The summed E-state index contributed by atoms with van der Waals surface area (Å²) >= 11 is 0. The molecule has 0 saturated carbocycles. The lowest BCUT2D eigenvalue weighted by atomic mass is 10.1. The second-order valence-electron chi connectivity index (χ2n) is 6.51. The molecule has 0 aliphatic heterocycles. The second kappa shape index (κ2) is 7.77. The van der Waals surface area contributed by atoms with Gasteiger partial charge >= 0.3 is 0 Å². The lowest BCUT2D eigenvalue weighted by molar-refractivity contribution is 0.0467. The highest BCUT2D eigenvalue weighted by atomic mass is 16.5. The average Bonchev–Trinajstić information content (AvgIpc) is 2.90. The number of rotatable bonds is 8. The zero-order valence-corrected chi connectivity index (χ0v) is 15.1. The summed E-state index contributed by atoms with van der Waals surface area (Å²) in [5.41, 5.74) is 0.236. The highest BCUT2D eigenvalue weighted by molar-refractivity contribution is 5.28. The van der Waals surface area contributed by atoms with Crippen molar-refractivity contribution in [2.24, 2.45) is 0 Å². The highest BCUT2D eigenvalue weighted by Crippen LogP contribution is 2.21. The van der Waals surface area contributed by atoms with Crippen molar-refractivity contribution in [1.29, 1.82) is 0 Å². The van der Waals surface area contributed by atoms with Gasteiger partial charge in [-0.05, 0) is 38.0 Å². The van der Waals surface area contributed by atoms with Crippen LogP contribution < -0.4 is 4.74 Å². The van der Waals surface area contributed by atoms with Crippen LogP contribution in [-0.2, 0) is 17.7 Å². The number of aliphatic hydroxyl groups is 1. The summed E-state index contributed by atoms with van der Waals surface area (Å²) in [6.45, 7) is 5.93. The van der Waals surface area contributed by atoms with Gasteiger partial charge in [-0.15, -0.1) is 0 Å². The maximum Gasteiger partial charge on any atom is 0.156 e. The molecule has 2 rings (SSSR count). The standard InChI is InChI=1S/C18H27N3O3/c1-6-15(24-5)17-19-16(20-21(17)12-18(2,3)22)11-13-7-9-14(23-4)10-8-13/h7-10,15,22H,6,11-12H2,1-5H3/t15-/m0/s1. The predicted molar refractivity (Wildman–Crippen MR) is 92.2 cm³/mol. The first kappa shape index (κ1) is 18.4. The van der Waals surface area contributed by atoms with Gasteiger partial charge in [0.2, 0.25) is 0 Å². The number of methoxy groups -OCH3 is 2. The number of aromatic nitrogens is 3. The molecule has 0 fully saturated rings. The third kappa shape index (κ3) is 4.79. The summed E-state index contributed by atoms with van der Waals surface area (Å²) < 4.78 is 12.5. The van der Waals surface area contributed by atoms with E-state index in [2.05, 4.69) is 10.1 Å². The fourth-order valence-electron chi connectivity index (χ4n) is 2.58. The summed E-state index contributed by atoms with van der Waals surface area (Å²) in [5.74, 6) is 2.30. The molecule has 24 heavy (non-hydrogen) atoms. The third-order valence-corrected chi connectivity index (χ3v) is 3.75. The summed E-state index contributed by atoms with van der Waals surface area (Å²) in [5, 5.41) is 14.7. The lowest BCUT2D eigenvalue weighted by Gasteiger charge is -2.20. The number of hydrogen-bond acceptors (Lipinski definition) is 5. The molecule has 0 bridgehead atoms. The lowest BCUT2D eigenvalue weighted by Crippen LogP contribution is -2.28. The normalized spacial score (nSPS) is 13.1. The molecule has 1 atom stereocenters. The van der Waals surface area contributed by atoms with Crippen molar-refractivity contribution >= 4 is 0 Å². The van der Waals surface area contributed by atoms with E-state index in [1.807, 2.05) is 31.2 Å². The summed E-state index contributed by atoms with van der Waals surface area (Å²) in [6.07, 6.45) is 1.28. The van der Waals surface area contributed by atoms with Crippen LogP contribution in [0.3, 0.4) is 0 Å². The van der Waals surface area contributed by atoms with Crippen LogP contribution in [0.1, 0.15) is 50.5 Å². The van der Waals surface area contributed by atoms with E-state index in [1.165, 1.54) is 0 Å². The van der Waals surface area contributed by atoms with Gasteiger partial charge in [0.15, 0.2) is 11.6 Å². The van der Waals surface area contributed by atoms with Gasteiger partial charge in [0.25, 0.3) is 0 Å². The van der Waals surface area contributed by atoms with Gasteiger partial charge < -0.3 is 14.6 Å². The van der Waals surface area contributed by atoms with Gasteiger partial charge in [-0.3, -0.25) is 0 Å². The Hall–Kier alpha value is -1.92. The average molecular weight is 333 g/mol. The van der Waals surface area contributed by atoms with E-state index in [1.54, 1.807) is 32.7 Å². The molecule has 1 N–H and O–H groups in total. The van der Waals surface area contributed by atoms with Crippen LogP contribution in [0.4, 0.5) is 0 Å². The van der Waals surface area contributed by atoms with Crippen LogP contribution in [0.2, 0.25) is 0 Å². The van der Waals surface area contributed by atoms with E-state index in [0.717, 1.165) is 29.4 Å². The third-order valence-electron chi connectivity index (χ3n) is 3.75.